The SMILES string of the molecule is c1ccc(-c2ccc(N(c3ccc4ccccc4c3)c3ccc4c(c3)c3ccccc3c3cc5c6ccc(N(c7ccc(-c8ccccc8)cc7)c7ccc8ccccc8c7)cc6c6ccccc6c5cc43)cc2)cc1. The molecule has 0 saturated heterocycles. The average molecular weight is 965 g/mol. The van der Waals surface area contributed by atoms with E-state index in [1.165, 1.54) is 108 Å². The summed E-state index contributed by atoms with van der Waals surface area (Å²) in [6.45, 7) is 0. The largest absolute Gasteiger partial charge is 0.310 e. The first kappa shape index (κ1) is 43.6. The topological polar surface area (TPSA) is 6.48 Å². The number of rotatable bonds is 8. The van der Waals surface area contributed by atoms with Crippen molar-refractivity contribution in [3.63, 3.8) is 0 Å². The molecule has 0 radical (unpaired) electrons. The van der Waals surface area contributed by atoms with Gasteiger partial charge in [0.2, 0.25) is 0 Å². The van der Waals surface area contributed by atoms with Crippen LogP contribution < -0.4 is 9.80 Å². The van der Waals surface area contributed by atoms with Crippen molar-refractivity contribution >= 4 is 120 Å². The summed E-state index contributed by atoms with van der Waals surface area (Å²) in [5.41, 5.74) is 11.5. The van der Waals surface area contributed by atoms with Crippen molar-refractivity contribution in [2.75, 3.05) is 9.80 Å². The van der Waals surface area contributed by atoms with Crippen LogP contribution in [0.3, 0.4) is 0 Å². The van der Waals surface area contributed by atoms with Crippen molar-refractivity contribution in [1.29, 1.82) is 0 Å². The summed E-state index contributed by atoms with van der Waals surface area (Å²) < 4.78 is 0. The molecule has 0 saturated carbocycles. The van der Waals surface area contributed by atoms with Gasteiger partial charge in [-0.1, -0.05) is 206 Å². The van der Waals surface area contributed by atoms with E-state index in [1.54, 1.807) is 0 Å². The zero-order valence-corrected chi connectivity index (χ0v) is 41.6. The van der Waals surface area contributed by atoms with E-state index in [0.717, 1.165) is 34.1 Å². The van der Waals surface area contributed by atoms with Crippen LogP contribution in [0.15, 0.2) is 291 Å². The molecule has 15 aromatic carbocycles. The third-order valence-corrected chi connectivity index (χ3v) is 15.7. The van der Waals surface area contributed by atoms with Crippen LogP contribution in [0.5, 0.6) is 0 Å². The number of fused-ring (bicyclic) bond motifs is 14. The van der Waals surface area contributed by atoms with Gasteiger partial charge in [0.1, 0.15) is 0 Å². The third kappa shape index (κ3) is 7.34. The maximum atomic E-state index is 2.48. The lowest BCUT2D eigenvalue weighted by molar-refractivity contribution is 1.29. The van der Waals surface area contributed by atoms with Gasteiger partial charge < -0.3 is 9.80 Å². The maximum Gasteiger partial charge on any atom is 0.0468 e. The Bertz CT molecular complexity index is 4430. The molecule has 354 valence electrons. The lowest BCUT2D eigenvalue weighted by Crippen LogP contribution is -2.10. The highest BCUT2D eigenvalue weighted by molar-refractivity contribution is 6.33. The van der Waals surface area contributed by atoms with E-state index in [2.05, 4.69) is 301 Å². The minimum Gasteiger partial charge on any atom is -0.310 e. The molecule has 0 aliphatic heterocycles. The zero-order chi connectivity index (χ0) is 50.1. The van der Waals surface area contributed by atoms with Gasteiger partial charge in [0, 0.05) is 34.1 Å². The summed E-state index contributed by atoms with van der Waals surface area (Å²) in [5, 5.41) is 19.8. The first-order chi connectivity index (χ1) is 37.7. The van der Waals surface area contributed by atoms with Gasteiger partial charge in [0.15, 0.2) is 0 Å². The van der Waals surface area contributed by atoms with E-state index in [9.17, 15) is 0 Å². The lowest BCUT2D eigenvalue weighted by Gasteiger charge is -2.27. The Kier molecular flexibility index (Phi) is 10.2. The second kappa shape index (κ2) is 17.9. The summed E-state index contributed by atoms with van der Waals surface area (Å²) >= 11 is 0. The minimum absolute atomic E-state index is 1.10. The van der Waals surface area contributed by atoms with E-state index in [4.69, 9.17) is 0 Å². The molecule has 0 unspecified atom stereocenters. The van der Waals surface area contributed by atoms with Gasteiger partial charge in [-0.2, -0.15) is 0 Å². The Morgan fingerprint density at radius 3 is 0.789 bits per heavy atom. The van der Waals surface area contributed by atoms with Crippen molar-refractivity contribution in [2.45, 2.75) is 0 Å². The highest BCUT2D eigenvalue weighted by Crippen LogP contribution is 2.47. The molecule has 0 bridgehead atoms. The monoisotopic (exact) mass is 964 g/mol. The second-order valence-corrected chi connectivity index (χ2v) is 20.1. The number of nitrogens with zero attached hydrogens (tertiary/aromatic N) is 2. The molecule has 15 rings (SSSR count). The smallest absolute Gasteiger partial charge is 0.0468 e. The molecule has 0 amide bonds. The third-order valence-electron chi connectivity index (χ3n) is 15.7. The molecule has 0 aliphatic carbocycles. The Balaban J connectivity index is 0.915. The lowest BCUT2D eigenvalue weighted by atomic mass is 9.88. The first-order valence-corrected chi connectivity index (χ1v) is 26.2. The van der Waals surface area contributed by atoms with Crippen LogP contribution in [0.2, 0.25) is 0 Å². The van der Waals surface area contributed by atoms with Crippen LogP contribution in [0.1, 0.15) is 0 Å². The van der Waals surface area contributed by atoms with Crippen molar-refractivity contribution < 1.29 is 0 Å². The molecule has 0 fully saturated rings. The molecule has 15 aromatic rings. The summed E-state index contributed by atoms with van der Waals surface area (Å²) in [6, 6.07) is 107. The molecule has 0 aromatic heterocycles. The summed E-state index contributed by atoms with van der Waals surface area (Å²) in [7, 11) is 0. The fraction of sp³-hybridized carbons (Fsp3) is 0. The predicted molar refractivity (Wildman–Crippen MR) is 327 cm³/mol. The van der Waals surface area contributed by atoms with Gasteiger partial charge in [-0.05, 0) is 193 Å². The van der Waals surface area contributed by atoms with Crippen molar-refractivity contribution in [3.05, 3.63) is 291 Å². The standard InChI is InChI=1S/C74H48N2/c1-3-15-49(16-4-1)53-27-33-57(34-28-53)75(59-37-31-51-19-7-9-21-55(51)43-59)61-39-41-67-69(45-61)63-23-11-13-25-65(63)71-48-74-68-42-40-62(46-70(68)64-24-12-14-26-66(64)72(74)47-73(67)71)76(60-38-32-52-20-8-10-22-56(52)44-60)58-35-29-54(30-36-58)50-17-5-2-6-18-50/h1-48H. The van der Waals surface area contributed by atoms with Gasteiger partial charge in [-0.25, -0.2) is 0 Å². The molecule has 0 heterocycles. The minimum atomic E-state index is 1.10. The molecule has 0 atom stereocenters. The van der Waals surface area contributed by atoms with E-state index in [0.29, 0.717) is 0 Å². The van der Waals surface area contributed by atoms with Crippen LogP contribution in [-0.4, -0.2) is 0 Å². The normalized spacial score (nSPS) is 11.7. The van der Waals surface area contributed by atoms with Crippen molar-refractivity contribution in [3.8, 4) is 22.3 Å². The highest BCUT2D eigenvalue weighted by Gasteiger charge is 2.20. The van der Waals surface area contributed by atoms with Crippen LogP contribution in [-0.2, 0) is 0 Å². The highest BCUT2D eigenvalue weighted by atomic mass is 15.1. The summed E-state index contributed by atoms with van der Waals surface area (Å²) in [5.74, 6) is 0. The van der Waals surface area contributed by atoms with Crippen LogP contribution in [0.4, 0.5) is 34.1 Å². The zero-order valence-electron chi connectivity index (χ0n) is 41.6. The Hall–Kier alpha value is -10.0. The van der Waals surface area contributed by atoms with Gasteiger partial charge in [-0.3, -0.25) is 0 Å². The quantitative estimate of drug-likeness (QED) is 0.111. The van der Waals surface area contributed by atoms with E-state index < -0.39 is 0 Å². The molecular weight excluding hydrogens is 917 g/mol. The first-order valence-electron chi connectivity index (χ1n) is 26.2. The summed E-state index contributed by atoms with van der Waals surface area (Å²) in [6.07, 6.45) is 0. The number of anilines is 6. The summed E-state index contributed by atoms with van der Waals surface area (Å²) in [4.78, 5) is 4.82. The van der Waals surface area contributed by atoms with Gasteiger partial charge in [0.05, 0.1) is 0 Å². The molecule has 0 spiro atoms. The van der Waals surface area contributed by atoms with Crippen LogP contribution >= 0.6 is 0 Å². The molecular formula is C74H48N2. The van der Waals surface area contributed by atoms with E-state index in [1.807, 2.05) is 0 Å². The fourth-order valence-corrected chi connectivity index (χ4v) is 12.0. The second-order valence-electron chi connectivity index (χ2n) is 20.1. The maximum absolute atomic E-state index is 2.48. The van der Waals surface area contributed by atoms with Gasteiger partial charge in [0.25, 0.3) is 0 Å². The van der Waals surface area contributed by atoms with Crippen molar-refractivity contribution in [1.82, 2.24) is 0 Å². The molecule has 2 nitrogen and oxygen atoms in total. The molecule has 0 aliphatic rings. The van der Waals surface area contributed by atoms with Gasteiger partial charge >= 0.3 is 0 Å². The van der Waals surface area contributed by atoms with Crippen LogP contribution in [0, 0.1) is 0 Å². The Labute approximate surface area is 441 Å². The number of hydrogen-bond donors (Lipinski definition) is 0. The number of hydrogen-bond acceptors (Lipinski definition) is 2. The van der Waals surface area contributed by atoms with Crippen molar-refractivity contribution in [2.24, 2.45) is 0 Å². The Morgan fingerprint density at radius 1 is 0.145 bits per heavy atom. The van der Waals surface area contributed by atoms with Crippen LogP contribution in [0.25, 0.3) is 108 Å². The van der Waals surface area contributed by atoms with E-state index in [-0.39, 0.29) is 0 Å². The predicted octanol–water partition coefficient (Wildman–Crippen LogP) is 21.2. The number of benzene rings is 15. The molecule has 0 N–H and O–H groups in total. The van der Waals surface area contributed by atoms with E-state index >= 15 is 0 Å². The Morgan fingerprint density at radius 2 is 0.408 bits per heavy atom. The van der Waals surface area contributed by atoms with Gasteiger partial charge in [-0.15, -0.1) is 0 Å². The fourth-order valence-electron chi connectivity index (χ4n) is 12.0. The molecule has 76 heavy (non-hydrogen) atoms. The average Bonchev–Trinajstić information content (AvgIpc) is 3.59. The molecule has 2 heteroatoms.